The van der Waals surface area contributed by atoms with E-state index < -0.39 is 98.2 Å². The van der Waals surface area contributed by atoms with Crippen molar-refractivity contribution < 1.29 is 109 Å². The lowest BCUT2D eigenvalue weighted by molar-refractivity contribution is -0.154. The van der Waals surface area contributed by atoms with Crippen LogP contribution in [0, 0.1) is 64.6 Å². The minimum absolute atomic E-state index is 0.00758. The van der Waals surface area contributed by atoms with Gasteiger partial charge in [-0.25, -0.2) is 15.0 Å². The highest BCUT2D eigenvalue weighted by molar-refractivity contribution is 7.59. The van der Waals surface area contributed by atoms with E-state index >= 15 is 0 Å². The molecule has 3 aromatic heterocycles. The molecule has 6 saturated carbocycles. The van der Waals surface area contributed by atoms with E-state index in [0.717, 1.165) is 210 Å². The number of benzene rings is 3. The number of hydrogen-bond donors (Lipinski definition) is 3. The molecule has 145 heavy (non-hydrogen) atoms. The van der Waals surface area contributed by atoms with Crippen LogP contribution < -0.4 is 14.2 Å². The first-order valence-corrected chi connectivity index (χ1v) is 59.0. The van der Waals surface area contributed by atoms with Gasteiger partial charge in [0.25, 0.3) is 0 Å². The molecule has 6 aromatic rings. The van der Waals surface area contributed by atoms with Crippen LogP contribution in [0.5, 0.6) is 17.6 Å². The number of nitrogens with zero attached hydrogens (tertiary/aromatic N) is 6. The number of aryl methyl sites for hydroxylation is 3. The van der Waals surface area contributed by atoms with Crippen LogP contribution in [0.2, 0.25) is 0 Å². The molecule has 6 aliphatic heterocycles. The lowest BCUT2D eigenvalue weighted by Gasteiger charge is -2.34. The monoisotopic (exact) mass is 2050 g/mol. The Labute approximate surface area is 853 Å². The molecule has 9 unspecified atom stereocenters. The van der Waals surface area contributed by atoms with E-state index in [1.807, 2.05) is 18.2 Å². The molecule has 9 fully saturated rings. The van der Waals surface area contributed by atoms with Crippen molar-refractivity contribution in [1.82, 2.24) is 29.7 Å². The van der Waals surface area contributed by atoms with Gasteiger partial charge in [0, 0.05) is 79.9 Å². The molecule has 18 rings (SSSR count). The first-order chi connectivity index (χ1) is 69.5. The molecule has 0 radical (unpaired) electrons. The summed E-state index contributed by atoms with van der Waals surface area (Å²) in [6, 6.07) is 22.0. The second kappa shape index (κ2) is 46.9. The summed E-state index contributed by atoms with van der Waals surface area (Å²) in [6.45, 7) is 23.8. The Morgan fingerprint density at radius 3 is 1.16 bits per heavy atom. The highest BCUT2D eigenvalue weighted by atomic mass is 31.2. The van der Waals surface area contributed by atoms with Gasteiger partial charge >= 0.3 is 33.1 Å². The maximum absolute atomic E-state index is 14.8. The molecule has 9 heterocycles. The SMILES string of the molecule is C=CC1CC1(CC(=O)[C@@H]1C[C@@H]2CN1C(=O)[C@H](C1CCCCC1)CC(=O)OCC(C)(C)CCCc1ccc3ccnc(c3c1)O2)P(=O)(O)OCC.C=CC1CC1(CC(=O)[C@@H]1C[C@@H]2CN1C(=O)[C@H](C1CCCCC1)CC(=O)OCCCCCc1ccc3ccnc(c3c1)O2)P(=O)(O)OCC.C=CC1CC1(CC(=O)[C@@H]1C[C@@H]2CN1C(=O)[C@H](C1CCCCC1)CC(=O)OC[C@H](C)CCCc1ccc3ccnc(c3c1)O2)P(C)(=O)O. The van der Waals surface area contributed by atoms with Crippen LogP contribution in [0.1, 0.15) is 270 Å². The number of aromatic nitrogens is 3. The second-order valence-electron chi connectivity index (χ2n) is 44.6. The average molecular weight is 2050 g/mol. The fourth-order valence-corrected chi connectivity index (χ4v) is 30.7. The minimum atomic E-state index is -4.17. The van der Waals surface area contributed by atoms with Gasteiger partial charge in [0.05, 0.1) is 123 Å². The number of carbonyl (C=O) groups excluding carboxylic acids is 9. The van der Waals surface area contributed by atoms with Crippen LogP contribution in [0.3, 0.4) is 0 Å². The van der Waals surface area contributed by atoms with Gasteiger partial charge in [-0.3, -0.25) is 56.8 Å². The molecular formula is C113H151N6O23P3. The van der Waals surface area contributed by atoms with E-state index in [4.69, 9.17) is 37.5 Å². The van der Waals surface area contributed by atoms with E-state index in [0.29, 0.717) is 50.1 Å². The van der Waals surface area contributed by atoms with Crippen LogP contribution in [-0.4, -0.2) is 209 Å². The van der Waals surface area contributed by atoms with Crippen molar-refractivity contribution in [2.75, 3.05) is 59.3 Å². The van der Waals surface area contributed by atoms with Crippen molar-refractivity contribution >= 4 is 108 Å². The Balaban J connectivity index is 0.000000156. The first kappa shape index (κ1) is 109. The highest BCUT2D eigenvalue weighted by Gasteiger charge is 2.69. The van der Waals surface area contributed by atoms with Gasteiger partial charge in [0.2, 0.25) is 42.7 Å². The fourth-order valence-electron chi connectivity index (χ4n) is 25.1. The number of fused-ring (bicyclic) bond motifs is 9. The Bertz CT molecular complexity index is 5910. The Morgan fingerprint density at radius 2 is 0.793 bits per heavy atom. The van der Waals surface area contributed by atoms with E-state index in [2.05, 4.69) is 110 Å². The van der Waals surface area contributed by atoms with Crippen molar-refractivity contribution in [2.45, 2.75) is 324 Å². The molecule has 3 N–H and O–H groups in total. The first-order valence-electron chi connectivity index (χ1n) is 53.7. The molecule has 29 nitrogen and oxygen atoms in total. The number of rotatable bonds is 22. The van der Waals surface area contributed by atoms with Crippen LogP contribution in [-0.2, 0) is 99.4 Å². The summed E-state index contributed by atoms with van der Waals surface area (Å²) in [5.41, 5.74) is 3.21. The predicted octanol–water partition coefficient (Wildman–Crippen LogP) is 20.3. The molecule has 12 aliphatic rings. The van der Waals surface area contributed by atoms with Crippen molar-refractivity contribution in [1.29, 1.82) is 0 Å². The summed E-state index contributed by atoms with van der Waals surface area (Å²) in [5, 5.41) is 2.02. The Kier molecular flexibility index (Phi) is 35.1. The lowest BCUT2D eigenvalue weighted by atomic mass is 9.77. The summed E-state index contributed by atoms with van der Waals surface area (Å²) < 4.78 is 87.6. The third kappa shape index (κ3) is 25.1. The molecule has 3 amide bonds. The number of pyridine rings is 3. The van der Waals surface area contributed by atoms with Crippen molar-refractivity contribution in [3.8, 4) is 17.6 Å². The van der Waals surface area contributed by atoms with Crippen LogP contribution in [0.25, 0.3) is 32.3 Å². The van der Waals surface area contributed by atoms with Gasteiger partial charge in [-0.15, -0.1) is 19.7 Å². The summed E-state index contributed by atoms with van der Waals surface area (Å²) in [7, 11) is -12.0. The second-order valence-corrected chi connectivity index (χ2v) is 51.6. The number of Topliss-reactive ketones (excluding diaryl/α,β-unsaturated/α-hetero) is 3. The van der Waals surface area contributed by atoms with E-state index in [-0.39, 0.29) is 191 Å². The lowest BCUT2D eigenvalue weighted by Crippen LogP contribution is -2.47. The van der Waals surface area contributed by atoms with Crippen molar-refractivity contribution in [3.63, 3.8) is 0 Å². The molecule has 0 spiro atoms. The van der Waals surface area contributed by atoms with Crippen LogP contribution in [0.4, 0.5) is 0 Å². The number of esters is 3. The number of carbonyl (C=O) groups is 9. The standard InChI is InChI=1S/C39H53N2O8P.C37H49N2O8P.C37H49N2O7P/c1-5-29-22-39(29,50(45,46)48-6-2)23-34(42)33-20-30-24-41(33)37(44)32(27-12-8-7-9-13-27)21-35(43)47-25-38(3,4)17-10-11-26-14-15-28-16-18-40-36(49-30)31(28)19-26;1-3-28-22-37(28,48(43,44)46-4-2)23-33(40)32-20-29-24-39(32)36(42)31(26-12-8-5-9-13-26)21-34(41)45-18-10-6-7-11-25-14-15-27-16-17-38-35(47-29)30(27)19-25;1-4-28-20-37(28,47(3,43)44)21-33(40)32-18-29-22-39(32)36(42)31(26-11-6-5-7-12-26)19-34(41)45-23-24(2)9-8-10-25-13-14-27-15-16-38-35(46-29)30(27)17-25/h5,14-16,18-19,27,29-30,32-33H,1,6-13,17,20-25H2,2-4H3,(H,45,46);3,14-17,19,26,28-29,31-32H,1,4-13,18,20-24H2,2H3,(H,43,44);4,13-17,24,26,28-29,31-32H,1,5-12,18-23H2,2-3H3,(H,43,44)/t29?,30-,32+,33+,39?;28?,29-,31+,32+,37?;24-,28?,29-,31+,32+,37?/m111/s1. The minimum Gasteiger partial charge on any atom is -0.472 e. The van der Waals surface area contributed by atoms with Crippen LogP contribution >= 0.6 is 22.6 Å². The number of cyclic esters (lactones) is 3. The van der Waals surface area contributed by atoms with E-state index in [9.17, 15) is 71.5 Å². The van der Waals surface area contributed by atoms with E-state index in [1.165, 1.54) is 6.66 Å². The molecule has 6 aliphatic carbocycles. The quantitative estimate of drug-likeness (QED) is 0.0246. The van der Waals surface area contributed by atoms with Crippen molar-refractivity contribution in [2.24, 2.45) is 64.6 Å². The maximum atomic E-state index is 14.8. The predicted molar refractivity (Wildman–Crippen MR) is 553 cm³/mol. The number of allylic oxidation sites excluding steroid dienone is 3. The summed E-state index contributed by atoms with van der Waals surface area (Å²) in [4.78, 5) is 178. The van der Waals surface area contributed by atoms with Gasteiger partial charge in [-0.05, 0) is 252 Å². The third-order valence-electron chi connectivity index (χ3n) is 33.9. The molecule has 3 aromatic carbocycles. The van der Waals surface area contributed by atoms with Crippen LogP contribution in [0.15, 0.2) is 129 Å². The summed E-state index contributed by atoms with van der Waals surface area (Å²) in [6.07, 6.45) is 32.5. The molecule has 786 valence electrons. The topological polar surface area (TPSA) is 388 Å². The number of ketones is 3. The maximum Gasteiger partial charge on any atom is 0.335 e. The third-order valence-corrected chi connectivity index (χ3v) is 41.0. The van der Waals surface area contributed by atoms with Crippen molar-refractivity contribution in [3.05, 3.63) is 146 Å². The van der Waals surface area contributed by atoms with Gasteiger partial charge in [0.15, 0.2) is 17.3 Å². The number of hydrogen-bond acceptors (Lipinski definition) is 23. The largest absolute Gasteiger partial charge is 0.472 e. The molecule has 3 saturated heterocycles. The molecule has 32 heteroatoms. The number of ether oxygens (including phenoxy) is 6. The fraction of sp³-hybridized carbons (Fsp3) is 0.628. The Morgan fingerprint density at radius 1 is 0.448 bits per heavy atom. The molecule has 12 bridgehead atoms. The van der Waals surface area contributed by atoms with Gasteiger partial charge < -0.3 is 66.8 Å². The van der Waals surface area contributed by atoms with Gasteiger partial charge in [-0.2, -0.15) is 0 Å². The zero-order valence-electron chi connectivity index (χ0n) is 85.6. The van der Waals surface area contributed by atoms with Gasteiger partial charge in [0.1, 0.15) is 18.3 Å². The normalized spacial score (nSPS) is 30.9. The van der Waals surface area contributed by atoms with E-state index in [1.54, 1.807) is 65.4 Å². The Hall–Kier alpha value is -9.17. The number of amides is 3. The zero-order valence-corrected chi connectivity index (χ0v) is 88.3. The average Bonchev–Trinajstić information content (AvgIpc) is 1.56. The van der Waals surface area contributed by atoms with Gasteiger partial charge in [-0.1, -0.05) is 133 Å². The molecular weight excluding hydrogens is 1900 g/mol. The smallest absolute Gasteiger partial charge is 0.335 e. The molecule has 19 atom stereocenters. The highest BCUT2D eigenvalue weighted by Crippen LogP contribution is 2.75. The summed E-state index contributed by atoms with van der Waals surface area (Å²) in [5.74, 6) is -3.97. The zero-order chi connectivity index (χ0) is 103. The summed E-state index contributed by atoms with van der Waals surface area (Å²) >= 11 is 0.